The van der Waals surface area contributed by atoms with Gasteiger partial charge in [0.2, 0.25) is 0 Å². The molecule has 1 N–H and O–H groups in total. The van der Waals surface area contributed by atoms with E-state index < -0.39 is 11.2 Å². The van der Waals surface area contributed by atoms with Gasteiger partial charge in [-0.05, 0) is 30.9 Å². The van der Waals surface area contributed by atoms with Gasteiger partial charge in [0.05, 0.1) is 11.7 Å². The van der Waals surface area contributed by atoms with Gasteiger partial charge in [0.15, 0.2) is 0 Å². The smallest absolute Gasteiger partial charge is 0.330 e. The predicted octanol–water partition coefficient (Wildman–Crippen LogP) is 1.52. The Morgan fingerprint density at radius 2 is 2.35 bits per heavy atom. The lowest BCUT2D eigenvalue weighted by Crippen LogP contribution is -2.33. The molecule has 106 valence electrons. The molecule has 1 aromatic heterocycles. The van der Waals surface area contributed by atoms with E-state index in [9.17, 15) is 9.59 Å². The summed E-state index contributed by atoms with van der Waals surface area (Å²) >= 11 is 0. The van der Waals surface area contributed by atoms with Crippen molar-refractivity contribution in [3.63, 3.8) is 0 Å². The highest BCUT2D eigenvalue weighted by atomic mass is 16.5. The molecule has 1 fully saturated rings. The van der Waals surface area contributed by atoms with Gasteiger partial charge < -0.3 is 4.74 Å². The van der Waals surface area contributed by atoms with E-state index in [-0.39, 0.29) is 12.3 Å². The topological polar surface area (TPSA) is 64.1 Å². The van der Waals surface area contributed by atoms with Crippen molar-refractivity contribution in [1.29, 1.82) is 0 Å². The maximum atomic E-state index is 11.9. The summed E-state index contributed by atoms with van der Waals surface area (Å²) in [5.74, 6) is 2.70. The molecular formula is C15H18N2O3. The molecule has 5 nitrogen and oxygen atoms in total. The molecule has 1 aliphatic heterocycles. The van der Waals surface area contributed by atoms with Gasteiger partial charge in [-0.15, -0.1) is 6.42 Å². The van der Waals surface area contributed by atoms with E-state index in [1.54, 1.807) is 0 Å². The monoisotopic (exact) mass is 274 g/mol. The molecule has 20 heavy (non-hydrogen) atoms. The van der Waals surface area contributed by atoms with Gasteiger partial charge in [0.1, 0.15) is 6.23 Å². The molecule has 1 aliphatic rings. The standard InChI is InChI=1S/C15H18N2O3/c1-4-6-7-11-9-17(15(19)16-14(11)18)13-8-10(3)12(5-2)20-13/h1,6-7,9-10,12-13H,5,8H2,2-3H3,(H,16,18,19)/b7-6+/t10-,12-,13-/m1/s1. The van der Waals surface area contributed by atoms with Crippen LogP contribution in [0.25, 0.3) is 6.08 Å². The molecule has 2 heterocycles. The van der Waals surface area contributed by atoms with E-state index in [1.807, 2.05) is 0 Å². The first kappa shape index (κ1) is 14.4. The average molecular weight is 274 g/mol. The largest absolute Gasteiger partial charge is 0.354 e. The Kier molecular flexibility index (Phi) is 4.26. The lowest BCUT2D eigenvalue weighted by atomic mass is 10.0. The van der Waals surface area contributed by atoms with E-state index in [4.69, 9.17) is 11.2 Å². The third-order valence-electron chi connectivity index (χ3n) is 3.61. The fourth-order valence-electron chi connectivity index (χ4n) is 2.51. The molecule has 1 saturated heterocycles. The van der Waals surface area contributed by atoms with Gasteiger partial charge >= 0.3 is 5.69 Å². The maximum absolute atomic E-state index is 11.9. The van der Waals surface area contributed by atoms with Crippen molar-refractivity contribution in [2.24, 2.45) is 5.92 Å². The number of rotatable bonds is 3. The highest BCUT2D eigenvalue weighted by Crippen LogP contribution is 2.33. The van der Waals surface area contributed by atoms with Gasteiger partial charge in [-0.1, -0.05) is 19.8 Å². The molecule has 0 unspecified atom stereocenters. The SMILES string of the molecule is C#C/C=C/c1cn([C@H]2C[C@@H](C)[C@@H](CC)O2)c(=O)[nH]c1=O. The van der Waals surface area contributed by atoms with Crippen LogP contribution in [-0.4, -0.2) is 15.7 Å². The molecular weight excluding hydrogens is 256 g/mol. The number of aromatic amines is 1. The molecule has 5 heteroatoms. The fraction of sp³-hybridized carbons (Fsp3) is 0.467. The first-order chi connectivity index (χ1) is 9.56. The number of ether oxygens (including phenoxy) is 1. The van der Waals surface area contributed by atoms with E-state index in [0.29, 0.717) is 11.5 Å². The van der Waals surface area contributed by atoms with E-state index in [0.717, 1.165) is 12.8 Å². The lowest BCUT2D eigenvalue weighted by Gasteiger charge is -2.15. The number of nitrogens with zero attached hydrogens (tertiary/aromatic N) is 1. The molecule has 2 rings (SSSR count). The molecule has 0 amide bonds. The second-order valence-corrected chi connectivity index (χ2v) is 5.00. The summed E-state index contributed by atoms with van der Waals surface area (Å²) in [6.07, 6.45) is 11.0. The molecule has 0 bridgehead atoms. The Balaban J connectivity index is 2.38. The zero-order valence-corrected chi connectivity index (χ0v) is 11.6. The van der Waals surface area contributed by atoms with Crippen LogP contribution in [0, 0.1) is 18.3 Å². The third-order valence-corrected chi connectivity index (χ3v) is 3.61. The van der Waals surface area contributed by atoms with Crippen molar-refractivity contribution in [3.05, 3.63) is 38.7 Å². The van der Waals surface area contributed by atoms with Crippen molar-refractivity contribution in [2.45, 2.75) is 39.0 Å². The molecule has 0 radical (unpaired) electrons. The Morgan fingerprint density at radius 1 is 1.60 bits per heavy atom. The molecule has 0 aromatic carbocycles. The average Bonchev–Trinajstić information content (AvgIpc) is 2.79. The maximum Gasteiger partial charge on any atom is 0.330 e. The first-order valence-corrected chi connectivity index (χ1v) is 6.70. The molecule has 0 aliphatic carbocycles. The van der Waals surface area contributed by atoms with Crippen LogP contribution in [-0.2, 0) is 4.74 Å². The lowest BCUT2D eigenvalue weighted by molar-refractivity contribution is -0.00761. The van der Waals surface area contributed by atoms with Crippen LogP contribution in [0.3, 0.4) is 0 Å². The van der Waals surface area contributed by atoms with Crippen LogP contribution < -0.4 is 11.2 Å². The Morgan fingerprint density at radius 3 is 2.95 bits per heavy atom. The highest BCUT2D eigenvalue weighted by Gasteiger charge is 2.32. The van der Waals surface area contributed by atoms with Gasteiger partial charge in [0, 0.05) is 6.20 Å². The summed E-state index contributed by atoms with van der Waals surface area (Å²) in [6, 6.07) is 0. The summed E-state index contributed by atoms with van der Waals surface area (Å²) < 4.78 is 7.30. The third kappa shape index (κ3) is 2.75. The second-order valence-electron chi connectivity index (χ2n) is 5.00. The van der Waals surface area contributed by atoms with Crippen LogP contribution in [0.15, 0.2) is 21.9 Å². The minimum atomic E-state index is -0.457. The van der Waals surface area contributed by atoms with Crippen LogP contribution in [0.1, 0.15) is 38.5 Å². The Bertz CT molecular complexity index is 663. The van der Waals surface area contributed by atoms with Crippen molar-refractivity contribution in [3.8, 4) is 12.3 Å². The molecule has 1 aromatic rings. The van der Waals surface area contributed by atoms with E-state index in [2.05, 4.69) is 24.8 Å². The zero-order valence-electron chi connectivity index (χ0n) is 11.6. The zero-order chi connectivity index (χ0) is 14.7. The van der Waals surface area contributed by atoms with E-state index >= 15 is 0 Å². The van der Waals surface area contributed by atoms with Gasteiger partial charge in [-0.2, -0.15) is 0 Å². The minimum Gasteiger partial charge on any atom is -0.354 e. The van der Waals surface area contributed by atoms with E-state index in [1.165, 1.54) is 22.9 Å². The number of hydrogen-bond donors (Lipinski definition) is 1. The van der Waals surface area contributed by atoms with Gasteiger partial charge in [-0.3, -0.25) is 14.3 Å². The van der Waals surface area contributed by atoms with Crippen molar-refractivity contribution >= 4 is 6.08 Å². The number of nitrogens with one attached hydrogen (secondary N) is 1. The summed E-state index contributed by atoms with van der Waals surface area (Å²) in [6.45, 7) is 4.16. The van der Waals surface area contributed by atoms with Crippen molar-refractivity contribution in [2.75, 3.05) is 0 Å². The first-order valence-electron chi connectivity index (χ1n) is 6.70. The second kappa shape index (κ2) is 5.93. The number of allylic oxidation sites excluding steroid dienone is 1. The Labute approximate surface area is 117 Å². The van der Waals surface area contributed by atoms with Crippen LogP contribution in [0.4, 0.5) is 0 Å². The number of hydrogen-bond acceptors (Lipinski definition) is 3. The molecule has 3 atom stereocenters. The van der Waals surface area contributed by atoms with Crippen molar-refractivity contribution in [1.82, 2.24) is 9.55 Å². The minimum absolute atomic E-state index is 0.142. The van der Waals surface area contributed by atoms with Crippen LogP contribution >= 0.6 is 0 Å². The molecule has 0 saturated carbocycles. The molecule has 0 spiro atoms. The van der Waals surface area contributed by atoms with Gasteiger partial charge in [0.25, 0.3) is 5.56 Å². The number of terminal acetylenes is 1. The van der Waals surface area contributed by atoms with Crippen molar-refractivity contribution < 1.29 is 4.74 Å². The van der Waals surface area contributed by atoms with Gasteiger partial charge in [-0.25, -0.2) is 4.79 Å². The predicted molar refractivity (Wildman–Crippen MR) is 77.2 cm³/mol. The number of aromatic nitrogens is 2. The Hall–Kier alpha value is -2.06. The summed E-state index contributed by atoms with van der Waals surface area (Å²) in [5, 5.41) is 0. The summed E-state index contributed by atoms with van der Waals surface area (Å²) in [4.78, 5) is 25.9. The summed E-state index contributed by atoms with van der Waals surface area (Å²) in [7, 11) is 0. The van der Waals surface area contributed by atoms with Crippen LogP contribution in [0.5, 0.6) is 0 Å². The van der Waals surface area contributed by atoms with Crippen LogP contribution in [0.2, 0.25) is 0 Å². The number of H-pyrrole nitrogens is 1. The fourth-order valence-corrected chi connectivity index (χ4v) is 2.51. The normalized spacial score (nSPS) is 25.9. The quantitative estimate of drug-likeness (QED) is 0.850. The highest BCUT2D eigenvalue weighted by molar-refractivity contribution is 5.50. The summed E-state index contributed by atoms with van der Waals surface area (Å²) in [5.41, 5.74) is -0.559.